The van der Waals surface area contributed by atoms with Crippen molar-refractivity contribution in [3.8, 4) is 5.75 Å². The van der Waals surface area contributed by atoms with Crippen LogP contribution < -0.4 is 10.4 Å². The van der Waals surface area contributed by atoms with Gasteiger partial charge in [0.2, 0.25) is 11.8 Å². The van der Waals surface area contributed by atoms with Crippen LogP contribution in [0.25, 0.3) is 6.08 Å². The van der Waals surface area contributed by atoms with Gasteiger partial charge in [0.05, 0.1) is 30.2 Å². The number of carbonyl (C=O) groups is 2. The molecule has 3 aliphatic rings. The summed E-state index contributed by atoms with van der Waals surface area (Å²) in [6, 6.07) is 13.6. The van der Waals surface area contributed by atoms with Crippen molar-refractivity contribution < 1.29 is 29.5 Å². The molecule has 2 aromatic rings. The number of phenols is 1. The highest BCUT2D eigenvalue weighted by Gasteiger charge is 2.57. The number of carbonyl (C=O) groups excluding carboxylic acids is 2. The van der Waals surface area contributed by atoms with Gasteiger partial charge in [-0.05, 0) is 73.0 Å². The van der Waals surface area contributed by atoms with Gasteiger partial charge in [-0.15, -0.1) is 0 Å². The summed E-state index contributed by atoms with van der Waals surface area (Å²) in [6.45, 7) is 4.68. The number of phenolic OH excluding ortho intramolecular Hbond substituents is 1. The van der Waals surface area contributed by atoms with Gasteiger partial charge >= 0.3 is 7.12 Å². The van der Waals surface area contributed by atoms with Crippen molar-refractivity contribution in [1.82, 2.24) is 0 Å². The number of amides is 2. The van der Waals surface area contributed by atoms with E-state index in [-0.39, 0.29) is 35.0 Å². The Balaban J connectivity index is 1.39. The lowest BCUT2D eigenvalue weighted by atomic mass is 9.68. The highest BCUT2D eigenvalue weighted by Crippen LogP contribution is 2.51. The van der Waals surface area contributed by atoms with E-state index >= 15 is 0 Å². The Bertz CT molecular complexity index is 1320. The van der Waals surface area contributed by atoms with Crippen LogP contribution >= 0.6 is 0 Å². The summed E-state index contributed by atoms with van der Waals surface area (Å²) >= 11 is 0. The lowest BCUT2D eigenvalue weighted by molar-refractivity contribution is -0.122. The summed E-state index contributed by atoms with van der Waals surface area (Å²) < 4.78 is 6.35. The van der Waals surface area contributed by atoms with Crippen LogP contribution in [0.3, 0.4) is 0 Å². The van der Waals surface area contributed by atoms with E-state index < -0.39 is 19.0 Å². The zero-order valence-electron chi connectivity index (χ0n) is 22.5. The molecular formula is C31H36BNO6. The molecule has 2 aliphatic heterocycles. The maximum Gasteiger partial charge on any atom is 0.488 e. The predicted octanol–water partition coefficient (Wildman–Crippen LogP) is 3.97. The third-order valence-electron chi connectivity index (χ3n) is 8.41. The first-order valence-corrected chi connectivity index (χ1v) is 14.0. The van der Waals surface area contributed by atoms with Gasteiger partial charge in [-0.25, -0.2) is 0 Å². The SMILES string of the molecule is CCCC1=C2[C@@H](CC/C(=C/c3cccc(O)c3)CC)OC[C@@H]2[C@@H]2C(=O)N(c3cccc(B(O)O)c3)C(=O)[C@@H]2C1. The second-order valence-corrected chi connectivity index (χ2v) is 10.8. The minimum absolute atomic E-state index is 0.0820. The van der Waals surface area contributed by atoms with E-state index in [2.05, 4.69) is 19.9 Å². The normalized spacial score (nSPS) is 24.8. The predicted molar refractivity (Wildman–Crippen MR) is 151 cm³/mol. The van der Waals surface area contributed by atoms with Crippen molar-refractivity contribution in [3.05, 3.63) is 70.8 Å². The molecule has 0 saturated carbocycles. The lowest BCUT2D eigenvalue weighted by Gasteiger charge is -2.32. The smallest absolute Gasteiger partial charge is 0.488 e. The Morgan fingerprint density at radius 2 is 1.87 bits per heavy atom. The summed E-state index contributed by atoms with van der Waals surface area (Å²) in [5, 5.41) is 29.0. The van der Waals surface area contributed by atoms with Crippen LogP contribution in [-0.4, -0.2) is 46.8 Å². The van der Waals surface area contributed by atoms with Gasteiger partial charge in [-0.3, -0.25) is 14.5 Å². The summed E-state index contributed by atoms with van der Waals surface area (Å²) in [6.07, 6.45) is 6.97. The zero-order valence-corrected chi connectivity index (χ0v) is 22.5. The van der Waals surface area contributed by atoms with Crippen molar-refractivity contribution in [1.29, 1.82) is 0 Å². The Labute approximate surface area is 229 Å². The number of imide groups is 1. The van der Waals surface area contributed by atoms with Crippen molar-refractivity contribution in [2.24, 2.45) is 17.8 Å². The fourth-order valence-corrected chi connectivity index (χ4v) is 6.61. The summed E-state index contributed by atoms with van der Waals surface area (Å²) in [5.41, 5.74) is 5.32. The van der Waals surface area contributed by atoms with Gasteiger partial charge in [-0.2, -0.15) is 0 Å². The molecule has 8 heteroatoms. The quantitative estimate of drug-likeness (QED) is 0.258. The number of allylic oxidation sites excluding steroid dienone is 2. The molecule has 5 rings (SSSR count). The Kier molecular flexibility index (Phi) is 8.07. The van der Waals surface area contributed by atoms with Gasteiger partial charge in [0.15, 0.2) is 0 Å². The molecule has 39 heavy (non-hydrogen) atoms. The summed E-state index contributed by atoms with van der Waals surface area (Å²) in [7, 11) is -1.68. The molecule has 204 valence electrons. The van der Waals surface area contributed by atoms with E-state index in [9.17, 15) is 24.7 Å². The van der Waals surface area contributed by atoms with E-state index in [1.807, 2.05) is 12.1 Å². The monoisotopic (exact) mass is 529 g/mol. The Morgan fingerprint density at radius 3 is 2.59 bits per heavy atom. The molecule has 2 aromatic carbocycles. The largest absolute Gasteiger partial charge is 0.508 e. The molecule has 7 nitrogen and oxygen atoms in total. The molecule has 2 fully saturated rings. The topological polar surface area (TPSA) is 107 Å². The molecule has 0 bridgehead atoms. The van der Waals surface area contributed by atoms with Crippen molar-refractivity contribution >= 4 is 36.2 Å². The van der Waals surface area contributed by atoms with Crippen LogP contribution in [0.4, 0.5) is 5.69 Å². The maximum absolute atomic E-state index is 13.8. The van der Waals surface area contributed by atoms with Crippen LogP contribution in [0.2, 0.25) is 0 Å². The molecule has 0 spiro atoms. The average Bonchev–Trinajstić information content (AvgIpc) is 3.45. The number of benzene rings is 2. The maximum atomic E-state index is 13.8. The number of aromatic hydroxyl groups is 1. The molecule has 0 aromatic heterocycles. The van der Waals surface area contributed by atoms with E-state index in [1.54, 1.807) is 30.3 Å². The van der Waals surface area contributed by atoms with Crippen LogP contribution in [-0.2, 0) is 14.3 Å². The van der Waals surface area contributed by atoms with Crippen molar-refractivity contribution in [3.63, 3.8) is 0 Å². The van der Waals surface area contributed by atoms with Gasteiger partial charge < -0.3 is 19.9 Å². The molecule has 3 N–H and O–H groups in total. The number of hydrogen-bond acceptors (Lipinski definition) is 6. The average molecular weight is 529 g/mol. The van der Waals surface area contributed by atoms with Gasteiger partial charge in [0, 0.05) is 5.92 Å². The van der Waals surface area contributed by atoms with Crippen LogP contribution in [0, 0.1) is 17.8 Å². The first kappa shape index (κ1) is 27.4. The Hall–Kier alpha value is -3.20. The fourth-order valence-electron chi connectivity index (χ4n) is 6.61. The van der Waals surface area contributed by atoms with Crippen molar-refractivity contribution in [2.75, 3.05) is 11.5 Å². The molecule has 1 aliphatic carbocycles. The zero-order chi connectivity index (χ0) is 27.7. The summed E-state index contributed by atoms with van der Waals surface area (Å²) in [4.78, 5) is 28.6. The molecule has 2 amide bonds. The minimum Gasteiger partial charge on any atom is -0.508 e. The molecule has 2 heterocycles. The highest BCUT2D eigenvalue weighted by atomic mass is 16.5. The molecule has 2 saturated heterocycles. The summed E-state index contributed by atoms with van der Waals surface area (Å²) in [5.74, 6) is -1.20. The van der Waals surface area contributed by atoms with Gasteiger partial charge in [0.25, 0.3) is 0 Å². The number of anilines is 1. The first-order chi connectivity index (χ1) is 18.8. The first-order valence-electron chi connectivity index (χ1n) is 14.0. The van der Waals surface area contributed by atoms with Crippen LogP contribution in [0.1, 0.15) is 57.9 Å². The molecule has 0 unspecified atom stereocenters. The van der Waals surface area contributed by atoms with Crippen molar-refractivity contribution in [2.45, 2.75) is 58.5 Å². The number of nitrogens with zero attached hydrogens (tertiary/aromatic N) is 1. The van der Waals surface area contributed by atoms with Gasteiger partial charge in [0.1, 0.15) is 5.75 Å². The van der Waals surface area contributed by atoms with E-state index in [0.29, 0.717) is 18.7 Å². The minimum atomic E-state index is -1.68. The number of rotatable bonds is 9. The van der Waals surface area contributed by atoms with Gasteiger partial charge in [-0.1, -0.05) is 61.8 Å². The van der Waals surface area contributed by atoms with E-state index in [4.69, 9.17) is 4.74 Å². The van der Waals surface area contributed by atoms with E-state index in [0.717, 1.165) is 37.7 Å². The third kappa shape index (κ3) is 5.33. The van der Waals surface area contributed by atoms with E-state index in [1.165, 1.54) is 27.7 Å². The highest BCUT2D eigenvalue weighted by molar-refractivity contribution is 6.58. The molecular weight excluding hydrogens is 493 g/mol. The Morgan fingerprint density at radius 1 is 1.08 bits per heavy atom. The number of fused-ring (bicyclic) bond motifs is 3. The number of hydrogen-bond donors (Lipinski definition) is 3. The lowest BCUT2D eigenvalue weighted by Crippen LogP contribution is -2.35. The molecule has 4 atom stereocenters. The van der Waals surface area contributed by atoms with Crippen LogP contribution in [0.5, 0.6) is 5.75 Å². The second kappa shape index (κ2) is 11.5. The number of ether oxygens (including phenoxy) is 1. The third-order valence-corrected chi connectivity index (χ3v) is 8.41. The van der Waals surface area contributed by atoms with Crippen LogP contribution in [0.15, 0.2) is 65.3 Å². The standard InChI is InChI=1S/C31H36BNO6/c1-3-7-21-16-25-29(31(36)33(30(25)35)23-10-6-9-22(17-23)32(37)38)26-18-39-27(28(21)26)13-12-19(4-2)14-20-8-5-11-24(34)15-20/h5-6,8-11,14-15,17,25-27,29,34,37-38H,3-4,7,12-13,16,18H2,1-2H3/b19-14+/t25-,26+,27-,29-/m1/s1. The second-order valence-electron chi connectivity index (χ2n) is 10.8. The fraction of sp³-hybridized carbons (Fsp3) is 0.419. The molecule has 0 radical (unpaired) electrons.